The van der Waals surface area contributed by atoms with Gasteiger partial charge in [0.2, 0.25) is 17.5 Å². The molecule has 4 atom stereocenters. The van der Waals surface area contributed by atoms with Crippen LogP contribution >= 0.6 is 0 Å². The number of carbonyl (C=O) groups excluding carboxylic acids is 3. The van der Waals surface area contributed by atoms with Crippen LogP contribution in [0.15, 0.2) is 0 Å². The molecule has 0 rings (SSSR count). The predicted octanol–water partition coefficient (Wildman–Crippen LogP) is -4.45. The van der Waals surface area contributed by atoms with Gasteiger partial charge in [0.1, 0.15) is 6.10 Å². The van der Waals surface area contributed by atoms with E-state index < -0.39 is 42.1 Å². The van der Waals surface area contributed by atoms with Crippen LogP contribution < -0.4 is 10.6 Å². The van der Waals surface area contributed by atoms with Gasteiger partial charge in [0, 0.05) is 13.8 Å². The van der Waals surface area contributed by atoms with Gasteiger partial charge in [-0.3, -0.25) is 14.4 Å². The first-order valence-electron chi connectivity index (χ1n) is 5.49. The summed E-state index contributed by atoms with van der Waals surface area (Å²) in [7, 11) is 0. The monoisotopic (exact) mass is 294 g/mol. The lowest BCUT2D eigenvalue weighted by Gasteiger charge is -2.41. The molecule has 0 saturated heterocycles. The van der Waals surface area contributed by atoms with Crippen LogP contribution in [0.5, 0.6) is 0 Å². The van der Waals surface area contributed by atoms with E-state index in [0.717, 1.165) is 13.8 Å². The Labute approximate surface area is 114 Å². The van der Waals surface area contributed by atoms with E-state index in [-0.39, 0.29) is 6.29 Å². The number of aliphatic hydroxyl groups excluding tert-OH is 3. The van der Waals surface area contributed by atoms with Crippen molar-refractivity contribution in [2.24, 2.45) is 0 Å². The van der Waals surface area contributed by atoms with E-state index in [2.05, 4.69) is 0 Å². The molecule has 4 unspecified atom stereocenters. The van der Waals surface area contributed by atoms with Crippen LogP contribution in [0.25, 0.3) is 0 Å². The molecule has 0 fully saturated rings. The van der Waals surface area contributed by atoms with E-state index >= 15 is 0 Å². The average molecular weight is 294 g/mol. The van der Waals surface area contributed by atoms with Crippen LogP contribution in [0.1, 0.15) is 13.8 Å². The van der Waals surface area contributed by atoms with E-state index in [4.69, 9.17) is 5.11 Å². The summed E-state index contributed by atoms with van der Waals surface area (Å²) in [5.74, 6) is -1.86. The van der Waals surface area contributed by atoms with Gasteiger partial charge >= 0.3 is 0 Å². The molecule has 0 spiro atoms. The van der Waals surface area contributed by atoms with Gasteiger partial charge in [-0.25, -0.2) is 0 Å². The van der Waals surface area contributed by atoms with Gasteiger partial charge in [0.25, 0.3) is 0 Å². The first-order chi connectivity index (χ1) is 9.03. The van der Waals surface area contributed by atoms with Crippen LogP contribution in [-0.2, 0) is 14.4 Å². The Kier molecular flexibility index (Phi) is 6.19. The van der Waals surface area contributed by atoms with Crippen molar-refractivity contribution in [2.75, 3.05) is 6.61 Å². The molecule has 0 aliphatic rings. The minimum atomic E-state index is -2.99. The SMILES string of the molecule is CC(=O)NC(O)(C=O)C(O)C(O)(NC(C)=O)C(O)CO. The molecule has 0 aromatic carbocycles. The summed E-state index contributed by atoms with van der Waals surface area (Å²) < 4.78 is 0. The topological polar surface area (TPSA) is 176 Å². The van der Waals surface area contributed by atoms with E-state index in [1.54, 1.807) is 10.6 Å². The van der Waals surface area contributed by atoms with Crippen LogP contribution in [-0.4, -0.2) is 73.9 Å². The first-order valence-corrected chi connectivity index (χ1v) is 5.49. The Morgan fingerprint density at radius 2 is 1.60 bits per heavy atom. The van der Waals surface area contributed by atoms with E-state index in [9.17, 15) is 34.8 Å². The van der Waals surface area contributed by atoms with Crippen molar-refractivity contribution in [1.82, 2.24) is 10.6 Å². The summed E-state index contributed by atoms with van der Waals surface area (Å²) >= 11 is 0. The zero-order valence-electron chi connectivity index (χ0n) is 10.9. The molecule has 7 N–H and O–H groups in total. The van der Waals surface area contributed by atoms with E-state index in [0.29, 0.717) is 0 Å². The summed E-state index contributed by atoms with van der Waals surface area (Å²) in [6.45, 7) is 0.726. The van der Waals surface area contributed by atoms with Gasteiger partial charge in [-0.1, -0.05) is 0 Å². The highest BCUT2D eigenvalue weighted by Gasteiger charge is 2.54. The van der Waals surface area contributed by atoms with Crippen LogP contribution in [0, 0.1) is 0 Å². The first kappa shape index (κ1) is 18.4. The number of nitrogens with one attached hydrogen (secondary N) is 2. The maximum absolute atomic E-state index is 11.0. The van der Waals surface area contributed by atoms with Crippen LogP contribution in [0.2, 0.25) is 0 Å². The maximum atomic E-state index is 11.0. The normalized spacial score (nSPS) is 19.9. The van der Waals surface area contributed by atoms with Gasteiger partial charge in [-0.05, 0) is 0 Å². The van der Waals surface area contributed by atoms with Crippen molar-refractivity contribution < 1.29 is 39.9 Å². The Morgan fingerprint density at radius 1 is 1.15 bits per heavy atom. The summed E-state index contributed by atoms with van der Waals surface area (Å²) in [6, 6.07) is 0. The molecule has 10 nitrogen and oxygen atoms in total. The quantitative estimate of drug-likeness (QED) is 0.181. The minimum absolute atomic E-state index is 0.296. The van der Waals surface area contributed by atoms with Crippen molar-refractivity contribution >= 4 is 18.1 Å². The van der Waals surface area contributed by atoms with Crippen molar-refractivity contribution in [1.29, 1.82) is 0 Å². The third kappa shape index (κ3) is 3.95. The Hall–Kier alpha value is -1.59. The van der Waals surface area contributed by atoms with Gasteiger partial charge in [-0.2, -0.15) is 0 Å². The fraction of sp³-hybridized carbons (Fsp3) is 0.700. The Morgan fingerprint density at radius 3 is 1.90 bits per heavy atom. The highest BCUT2D eigenvalue weighted by molar-refractivity contribution is 5.79. The maximum Gasteiger partial charge on any atom is 0.226 e. The smallest absolute Gasteiger partial charge is 0.226 e. The lowest BCUT2D eigenvalue weighted by atomic mass is 9.91. The number of rotatable bonds is 7. The van der Waals surface area contributed by atoms with Gasteiger partial charge in [-0.15, -0.1) is 0 Å². The highest BCUT2D eigenvalue weighted by atomic mass is 16.4. The largest absolute Gasteiger partial charge is 0.393 e. The molecule has 0 heterocycles. The summed E-state index contributed by atoms with van der Waals surface area (Å²) in [4.78, 5) is 32.7. The zero-order chi connectivity index (χ0) is 16.1. The molecule has 0 aromatic rings. The number of aldehydes is 1. The lowest BCUT2D eigenvalue weighted by Crippen LogP contribution is -2.74. The highest BCUT2D eigenvalue weighted by Crippen LogP contribution is 2.20. The molecule has 0 saturated carbocycles. The van der Waals surface area contributed by atoms with Crippen LogP contribution in [0.4, 0.5) is 0 Å². The fourth-order valence-electron chi connectivity index (χ4n) is 1.53. The second-order valence-corrected chi connectivity index (χ2v) is 4.23. The molecule has 0 radical (unpaired) electrons. The number of hydrogen-bond acceptors (Lipinski definition) is 8. The fourth-order valence-corrected chi connectivity index (χ4v) is 1.53. The Bertz CT molecular complexity index is 389. The van der Waals surface area contributed by atoms with Crippen molar-refractivity contribution in [2.45, 2.75) is 37.5 Å². The molecule has 116 valence electrons. The molecular weight excluding hydrogens is 276 g/mol. The van der Waals surface area contributed by atoms with Crippen molar-refractivity contribution in [3.63, 3.8) is 0 Å². The second kappa shape index (κ2) is 6.72. The molecule has 0 aliphatic heterocycles. The lowest BCUT2D eigenvalue weighted by molar-refractivity contribution is -0.227. The Balaban J connectivity index is 5.60. The summed E-state index contributed by atoms with van der Waals surface area (Å²) in [6.07, 6.45) is -4.99. The number of hydrogen-bond donors (Lipinski definition) is 7. The summed E-state index contributed by atoms with van der Waals surface area (Å²) in [5.41, 5.74) is -5.96. The van der Waals surface area contributed by atoms with E-state index in [1.165, 1.54) is 0 Å². The van der Waals surface area contributed by atoms with Crippen molar-refractivity contribution in [3.05, 3.63) is 0 Å². The number of aliphatic hydroxyl groups is 5. The molecule has 0 aliphatic carbocycles. The van der Waals surface area contributed by atoms with Gasteiger partial charge in [0.05, 0.1) is 6.61 Å². The number of carbonyl (C=O) groups is 3. The average Bonchev–Trinajstić information content (AvgIpc) is 2.34. The van der Waals surface area contributed by atoms with Crippen molar-refractivity contribution in [3.8, 4) is 0 Å². The van der Waals surface area contributed by atoms with Crippen LogP contribution in [0.3, 0.4) is 0 Å². The molecule has 20 heavy (non-hydrogen) atoms. The number of amides is 2. The zero-order valence-corrected chi connectivity index (χ0v) is 10.9. The minimum Gasteiger partial charge on any atom is -0.393 e. The standard InChI is InChI=1S/C10H18N2O8/c1-5(15)11-9(19,4-14)8(18)10(20,7(17)3-13)12-6(2)16/h4,7-8,13,17-20H,3H2,1-2H3,(H,11,15)(H,12,16). The molecule has 10 heteroatoms. The third-order valence-electron chi connectivity index (χ3n) is 2.45. The molecule has 2 amide bonds. The van der Waals surface area contributed by atoms with E-state index in [1.807, 2.05) is 0 Å². The molecule has 0 aromatic heterocycles. The molecule has 0 bridgehead atoms. The third-order valence-corrected chi connectivity index (χ3v) is 2.45. The molecular formula is C10H18N2O8. The summed E-state index contributed by atoms with van der Waals surface area (Å²) in [5, 5.41) is 51.4. The van der Waals surface area contributed by atoms with Gasteiger partial charge < -0.3 is 36.2 Å². The van der Waals surface area contributed by atoms with Gasteiger partial charge in [0.15, 0.2) is 18.1 Å². The predicted molar refractivity (Wildman–Crippen MR) is 62.7 cm³/mol. The second-order valence-electron chi connectivity index (χ2n) is 4.23.